The highest BCUT2D eigenvalue weighted by Gasteiger charge is 2.43. The molecule has 27 heavy (non-hydrogen) atoms. The highest BCUT2D eigenvalue weighted by atomic mass is 35.5. The smallest absolute Gasteiger partial charge is 0.316 e. The second kappa shape index (κ2) is 9.60. The van der Waals surface area contributed by atoms with Gasteiger partial charge in [0.25, 0.3) is 0 Å². The predicted molar refractivity (Wildman–Crippen MR) is 108 cm³/mol. The molecule has 146 valence electrons. The Hall–Kier alpha value is -1.53. The molecule has 1 aromatic rings. The zero-order valence-electron chi connectivity index (χ0n) is 16.1. The third-order valence-corrected chi connectivity index (χ3v) is 6.75. The molecule has 1 aromatic carbocycles. The Labute approximate surface area is 168 Å². The highest BCUT2D eigenvalue weighted by molar-refractivity contribution is 6.17. The van der Waals surface area contributed by atoms with Crippen LogP contribution in [0.3, 0.4) is 0 Å². The number of carbonyl (C=O) groups excluding carboxylic acids is 1. The molecule has 0 amide bonds. The van der Waals surface area contributed by atoms with Crippen molar-refractivity contribution >= 4 is 17.6 Å². The van der Waals surface area contributed by atoms with Crippen molar-refractivity contribution in [1.82, 2.24) is 0 Å². The molecule has 0 saturated heterocycles. The van der Waals surface area contributed by atoms with Crippen LogP contribution in [-0.4, -0.2) is 18.0 Å². The Bertz CT molecular complexity index is 650. The fraction of sp³-hybridized carbons (Fsp3) is 0.652. The van der Waals surface area contributed by atoms with Crippen molar-refractivity contribution in [3.63, 3.8) is 0 Å². The first-order valence-electron chi connectivity index (χ1n) is 10.5. The van der Waals surface area contributed by atoms with Crippen molar-refractivity contribution in [2.75, 3.05) is 5.88 Å². The maximum atomic E-state index is 13.3. The molecule has 0 aromatic heterocycles. The number of carbonyl (C=O) groups is 1. The molecule has 3 nitrogen and oxygen atoms in total. The molecule has 0 unspecified atom stereocenters. The summed E-state index contributed by atoms with van der Waals surface area (Å²) < 4.78 is 6.07. The predicted octanol–water partition coefficient (Wildman–Crippen LogP) is 5.88. The second-order valence-electron chi connectivity index (χ2n) is 8.21. The van der Waals surface area contributed by atoms with Gasteiger partial charge >= 0.3 is 5.97 Å². The van der Waals surface area contributed by atoms with Crippen molar-refractivity contribution in [1.29, 1.82) is 5.26 Å². The Morgan fingerprint density at radius 2 is 1.78 bits per heavy atom. The van der Waals surface area contributed by atoms with E-state index in [9.17, 15) is 4.79 Å². The molecule has 0 radical (unpaired) electrons. The molecular weight excluding hydrogens is 358 g/mol. The minimum absolute atomic E-state index is 0.0453. The molecule has 4 heteroatoms. The van der Waals surface area contributed by atoms with E-state index >= 15 is 0 Å². The van der Waals surface area contributed by atoms with E-state index in [2.05, 4.69) is 6.07 Å². The Morgan fingerprint density at radius 3 is 2.37 bits per heavy atom. The zero-order chi connectivity index (χ0) is 19.1. The van der Waals surface area contributed by atoms with Crippen LogP contribution >= 0.6 is 11.6 Å². The fourth-order valence-electron chi connectivity index (χ4n) is 4.80. The molecule has 0 bridgehead atoms. The van der Waals surface area contributed by atoms with E-state index in [1.165, 1.54) is 12.8 Å². The number of hydrogen-bond acceptors (Lipinski definition) is 3. The Balaban J connectivity index is 1.66. The van der Waals surface area contributed by atoms with Crippen LogP contribution in [0.15, 0.2) is 24.3 Å². The summed E-state index contributed by atoms with van der Waals surface area (Å²) in [5.74, 6) is 1.43. The van der Waals surface area contributed by atoms with Gasteiger partial charge < -0.3 is 4.74 Å². The van der Waals surface area contributed by atoms with E-state index < -0.39 is 5.41 Å². The Kier molecular flexibility index (Phi) is 7.19. The number of nitriles is 1. The quantitative estimate of drug-likeness (QED) is 0.452. The van der Waals surface area contributed by atoms with Crippen molar-refractivity contribution in [3.8, 4) is 6.07 Å². The monoisotopic (exact) mass is 387 g/mol. The van der Waals surface area contributed by atoms with Crippen LogP contribution < -0.4 is 0 Å². The third-order valence-electron chi connectivity index (χ3n) is 6.48. The van der Waals surface area contributed by atoms with E-state index in [0.29, 0.717) is 5.56 Å². The average Bonchev–Trinajstić information content (AvgIpc) is 2.73. The second-order valence-corrected chi connectivity index (χ2v) is 8.59. The average molecular weight is 388 g/mol. The third kappa shape index (κ3) is 4.85. The van der Waals surface area contributed by atoms with Crippen LogP contribution in [0.5, 0.6) is 0 Å². The lowest BCUT2D eigenvalue weighted by Crippen LogP contribution is -2.41. The molecule has 2 aliphatic carbocycles. The minimum atomic E-state index is -0.526. The van der Waals surface area contributed by atoms with E-state index in [-0.39, 0.29) is 12.1 Å². The number of alkyl halides is 1. The first-order valence-corrected chi connectivity index (χ1v) is 11.0. The summed E-state index contributed by atoms with van der Waals surface area (Å²) in [6.07, 6.45) is 11.5. The lowest BCUT2D eigenvalue weighted by Gasteiger charge is -2.38. The molecule has 2 aliphatic rings. The lowest BCUT2D eigenvalue weighted by atomic mass is 9.69. The topological polar surface area (TPSA) is 50.1 Å². The lowest BCUT2D eigenvalue weighted by molar-refractivity contribution is -0.159. The van der Waals surface area contributed by atoms with Gasteiger partial charge in [-0.05, 0) is 75.0 Å². The summed E-state index contributed by atoms with van der Waals surface area (Å²) in [6.45, 7) is 0. The largest absolute Gasteiger partial charge is 0.462 e. The molecule has 0 spiro atoms. The number of benzene rings is 1. The van der Waals surface area contributed by atoms with Gasteiger partial charge in [-0.3, -0.25) is 4.79 Å². The SMILES string of the molecule is N#Cc1ccc(C2(C(=O)OC3CCC(CCCCl)CC3)CCCCC2)cc1. The van der Waals surface area contributed by atoms with Crippen LogP contribution in [0.1, 0.15) is 81.8 Å². The van der Waals surface area contributed by atoms with E-state index in [1.807, 2.05) is 24.3 Å². The Morgan fingerprint density at radius 1 is 1.11 bits per heavy atom. The number of ether oxygens (including phenoxy) is 1. The fourth-order valence-corrected chi connectivity index (χ4v) is 4.95. The molecule has 3 rings (SSSR count). The number of halogens is 1. The first-order chi connectivity index (χ1) is 13.2. The van der Waals surface area contributed by atoms with Gasteiger partial charge in [-0.25, -0.2) is 0 Å². The van der Waals surface area contributed by atoms with E-state index in [1.54, 1.807) is 0 Å². The summed E-state index contributed by atoms with van der Waals surface area (Å²) in [5, 5.41) is 9.05. The van der Waals surface area contributed by atoms with Crippen LogP contribution in [0.2, 0.25) is 0 Å². The van der Waals surface area contributed by atoms with Gasteiger partial charge in [-0.1, -0.05) is 31.4 Å². The van der Waals surface area contributed by atoms with Gasteiger partial charge in [-0.2, -0.15) is 5.26 Å². The van der Waals surface area contributed by atoms with Crippen molar-refractivity contribution in [3.05, 3.63) is 35.4 Å². The van der Waals surface area contributed by atoms with Gasteiger partial charge in [0.1, 0.15) is 6.10 Å². The highest BCUT2D eigenvalue weighted by Crippen LogP contribution is 2.42. The van der Waals surface area contributed by atoms with Gasteiger partial charge in [0, 0.05) is 5.88 Å². The maximum absolute atomic E-state index is 13.3. The van der Waals surface area contributed by atoms with Crippen LogP contribution in [0.25, 0.3) is 0 Å². The normalized spacial score (nSPS) is 24.7. The standard InChI is InChI=1S/C23H30ClNO2/c24-16-4-5-18-8-12-21(13-9-18)27-22(26)23(14-2-1-3-15-23)20-10-6-19(17-25)7-11-20/h6-7,10-11,18,21H,1-5,8-9,12-16H2. The molecule has 0 atom stereocenters. The first kappa shape index (κ1) is 20.2. The summed E-state index contributed by atoms with van der Waals surface area (Å²) in [5.41, 5.74) is 1.12. The molecule has 0 aliphatic heterocycles. The molecule has 0 N–H and O–H groups in total. The minimum Gasteiger partial charge on any atom is -0.462 e. The number of esters is 1. The van der Waals surface area contributed by atoms with Crippen LogP contribution in [0.4, 0.5) is 0 Å². The van der Waals surface area contributed by atoms with Gasteiger partial charge in [0.15, 0.2) is 0 Å². The number of nitrogens with zero attached hydrogens (tertiary/aromatic N) is 1. The summed E-state index contributed by atoms with van der Waals surface area (Å²) in [4.78, 5) is 13.3. The molecule has 2 fully saturated rings. The van der Waals surface area contributed by atoms with E-state index in [0.717, 1.165) is 75.1 Å². The van der Waals surface area contributed by atoms with Crippen LogP contribution in [-0.2, 0) is 14.9 Å². The van der Waals surface area contributed by atoms with Gasteiger partial charge in [-0.15, -0.1) is 11.6 Å². The number of rotatable bonds is 6. The van der Waals surface area contributed by atoms with Gasteiger partial charge in [0.05, 0.1) is 17.0 Å². The maximum Gasteiger partial charge on any atom is 0.316 e. The van der Waals surface area contributed by atoms with Crippen molar-refractivity contribution < 1.29 is 9.53 Å². The molecule has 2 saturated carbocycles. The van der Waals surface area contributed by atoms with Crippen molar-refractivity contribution in [2.45, 2.75) is 82.1 Å². The molecule has 0 heterocycles. The molecular formula is C23H30ClNO2. The summed E-state index contributed by atoms with van der Waals surface area (Å²) in [6, 6.07) is 9.70. The zero-order valence-corrected chi connectivity index (χ0v) is 16.8. The van der Waals surface area contributed by atoms with Crippen LogP contribution in [0, 0.1) is 17.2 Å². The van der Waals surface area contributed by atoms with Crippen molar-refractivity contribution in [2.24, 2.45) is 5.92 Å². The summed E-state index contributed by atoms with van der Waals surface area (Å²) >= 11 is 5.81. The van der Waals surface area contributed by atoms with Gasteiger partial charge in [0.2, 0.25) is 0 Å². The summed E-state index contributed by atoms with van der Waals surface area (Å²) in [7, 11) is 0. The van der Waals surface area contributed by atoms with E-state index in [4.69, 9.17) is 21.6 Å². The number of hydrogen-bond donors (Lipinski definition) is 0.